The average Bonchev–Trinajstić information content (AvgIpc) is 2.47. The van der Waals surface area contributed by atoms with Crippen molar-refractivity contribution in [3.05, 3.63) is 30.1 Å². The van der Waals surface area contributed by atoms with Gasteiger partial charge in [0.05, 0.1) is 0 Å². The van der Waals surface area contributed by atoms with Crippen molar-refractivity contribution >= 4 is 5.91 Å². The molecule has 22 heavy (non-hydrogen) atoms. The number of hydrogen-bond acceptors (Lipinski definition) is 3. The first kappa shape index (κ1) is 15.5. The quantitative estimate of drug-likeness (QED) is 0.857. The standard InChI is InChI=1S/C18H27N3O/c1-14(2)20-9-6-15(7-10-20)11-18(22)21-12-16(13-21)17-5-3-4-8-19-17/h3-5,8,14-16H,6-7,9-13H2,1-2H3. The molecule has 3 rings (SSSR count). The number of rotatable bonds is 4. The van der Waals surface area contributed by atoms with Crippen LogP contribution in [0.3, 0.4) is 0 Å². The molecule has 0 aliphatic carbocycles. The number of carbonyl (C=O) groups is 1. The molecule has 1 amide bonds. The van der Waals surface area contributed by atoms with Gasteiger partial charge in [0.25, 0.3) is 0 Å². The van der Waals surface area contributed by atoms with Crippen LogP contribution in [0.5, 0.6) is 0 Å². The van der Waals surface area contributed by atoms with E-state index in [1.165, 1.54) is 12.8 Å². The van der Waals surface area contributed by atoms with Gasteiger partial charge in [-0.15, -0.1) is 0 Å². The molecular weight excluding hydrogens is 274 g/mol. The highest BCUT2D eigenvalue weighted by atomic mass is 16.2. The third-order valence-electron chi connectivity index (χ3n) is 5.18. The van der Waals surface area contributed by atoms with E-state index in [1.807, 2.05) is 23.2 Å². The zero-order chi connectivity index (χ0) is 15.5. The molecule has 0 saturated carbocycles. The van der Waals surface area contributed by atoms with Crippen LogP contribution in [-0.2, 0) is 4.79 Å². The highest BCUT2D eigenvalue weighted by Crippen LogP contribution is 2.28. The fourth-order valence-corrected chi connectivity index (χ4v) is 3.54. The van der Waals surface area contributed by atoms with Gasteiger partial charge in [-0.3, -0.25) is 9.78 Å². The highest BCUT2D eigenvalue weighted by molar-refractivity contribution is 5.77. The molecular formula is C18H27N3O. The van der Waals surface area contributed by atoms with Gasteiger partial charge < -0.3 is 9.80 Å². The summed E-state index contributed by atoms with van der Waals surface area (Å²) in [5, 5.41) is 0. The molecule has 0 radical (unpaired) electrons. The lowest BCUT2D eigenvalue weighted by Gasteiger charge is -2.40. The molecule has 0 unspecified atom stereocenters. The SMILES string of the molecule is CC(C)N1CCC(CC(=O)N2CC(c3ccccn3)C2)CC1. The molecule has 2 saturated heterocycles. The molecule has 0 N–H and O–H groups in total. The van der Waals surface area contributed by atoms with E-state index in [0.717, 1.165) is 38.3 Å². The molecule has 0 atom stereocenters. The summed E-state index contributed by atoms with van der Waals surface area (Å²) in [5.41, 5.74) is 1.12. The maximum atomic E-state index is 12.4. The van der Waals surface area contributed by atoms with Crippen molar-refractivity contribution in [2.45, 2.75) is 45.1 Å². The van der Waals surface area contributed by atoms with E-state index in [-0.39, 0.29) is 0 Å². The van der Waals surface area contributed by atoms with Gasteiger partial charge in [-0.25, -0.2) is 0 Å². The molecule has 2 aliphatic rings. The van der Waals surface area contributed by atoms with Crippen LogP contribution in [0.15, 0.2) is 24.4 Å². The monoisotopic (exact) mass is 301 g/mol. The lowest BCUT2D eigenvalue weighted by atomic mass is 9.90. The van der Waals surface area contributed by atoms with E-state index in [1.54, 1.807) is 0 Å². The summed E-state index contributed by atoms with van der Waals surface area (Å²) >= 11 is 0. The number of piperidine rings is 1. The van der Waals surface area contributed by atoms with E-state index in [9.17, 15) is 4.79 Å². The largest absolute Gasteiger partial charge is 0.341 e. The number of aromatic nitrogens is 1. The summed E-state index contributed by atoms with van der Waals surface area (Å²) in [6, 6.07) is 6.66. The number of hydrogen-bond donors (Lipinski definition) is 0. The lowest BCUT2D eigenvalue weighted by Crippen LogP contribution is -2.49. The zero-order valence-corrected chi connectivity index (χ0v) is 13.7. The topological polar surface area (TPSA) is 36.4 Å². The first-order valence-corrected chi connectivity index (χ1v) is 8.56. The molecule has 4 heteroatoms. The van der Waals surface area contributed by atoms with Gasteiger partial charge in [-0.05, 0) is 57.8 Å². The molecule has 120 valence electrons. The Labute approximate surface area is 133 Å². The molecule has 3 heterocycles. The van der Waals surface area contributed by atoms with Crippen LogP contribution in [0.2, 0.25) is 0 Å². The Morgan fingerprint density at radius 1 is 1.27 bits per heavy atom. The van der Waals surface area contributed by atoms with Crippen LogP contribution in [0, 0.1) is 5.92 Å². The number of carbonyl (C=O) groups excluding carboxylic acids is 1. The molecule has 1 aromatic heterocycles. The number of likely N-dealkylation sites (tertiary alicyclic amines) is 2. The van der Waals surface area contributed by atoms with Gasteiger partial charge in [-0.2, -0.15) is 0 Å². The Bertz CT molecular complexity index is 488. The van der Waals surface area contributed by atoms with Crippen molar-refractivity contribution in [1.82, 2.24) is 14.8 Å². The van der Waals surface area contributed by atoms with Crippen LogP contribution in [0.25, 0.3) is 0 Å². The maximum Gasteiger partial charge on any atom is 0.222 e. The molecule has 1 aromatic rings. The normalized spacial score (nSPS) is 21.1. The Hall–Kier alpha value is -1.42. The van der Waals surface area contributed by atoms with Crippen molar-refractivity contribution in [2.24, 2.45) is 5.92 Å². The van der Waals surface area contributed by atoms with Gasteiger partial charge in [0.1, 0.15) is 0 Å². The first-order valence-electron chi connectivity index (χ1n) is 8.56. The molecule has 0 aromatic carbocycles. The third-order valence-corrected chi connectivity index (χ3v) is 5.18. The fourth-order valence-electron chi connectivity index (χ4n) is 3.54. The Morgan fingerprint density at radius 2 is 2.00 bits per heavy atom. The second-order valence-corrected chi connectivity index (χ2v) is 7.03. The Kier molecular flexibility index (Phi) is 4.77. The van der Waals surface area contributed by atoms with Crippen LogP contribution >= 0.6 is 0 Å². The Morgan fingerprint density at radius 3 is 2.59 bits per heavy atom. The van der Waals surface area contributed by atoms with Crippen molar-refractivity contribution in [2.75, 3.05) is 26.2 Å². The summed E-state index contributed by atoms with van der Waals surface area (Å²) < 4.78 is 0. The van der Waals surface area contributed by atoms with Crippen molar-refractivity contribution in [1.29, 1.82) is 0 Å². The van der Waals surface area contributed by atoms with Gasteiger partial charge in [0.2, 0.25) is 5.91 Å². The van der Waals surface area contributed by atoms with E-state index in [4.69, 9.17) is 0 Å². The smallest absolute Gasteiger partial charge is 0.222 e. The number of amides is 1. The van der Waals surface area contributed by atoms with E-state index in [2.05, 4.69) is 29.8 Å². The average molecular weight is 301 g/mol. The molecule has 0 spiro atoms. The van der Waals surface area contributed by atoms with E-state index in [0.29, 0.717) is 23.8 Å². The Balaban J connectivity index is 1.41. The van der Waals surface area contributed by atoms with E-state index >= 15 is 0 Å². The second-order valence-electron chi connectivity index (χ2n) is 7.03. The molecule has 4 nitrogen and oxygen atoms in total. The third kappa shape index (κ3) is 3.49. The number of pyridine rings is 1. The lowest BCUT2D eigenvalue weighted by molar-refractivity contribution is -0.137. The highest BCUT2D eigenvalue weighted by Gasteiger charge is 2.33. The first-order chi connectivity index (χ1) is 10.6. The van der Waals surface area contributed by atoms with Crippen LogP contribution in [0.4, 0.5) is 0 Å². The molecule has 0 bridgehead atoms. The number of nitrogens with zero attached hydrogens (tertiary/aromatic N) is 3. The van der Waals surface area contributed by atoms with Crippen molar-refractivity contribution < 1.29 is 4.79 Å². The van der Waals surface area contributed by atoms with Crippen LogP contribution < -0.4 is 0 Å². The zero-order valence-electron chi connectivity index (χ0n) is 13.7. The second kappa shape index (κ2) is 6.78. The summed E-state index contributed by atoms with van der Waals surface area (Å²) in [6.45, 7) is 8.49. The predicted molar refractivity (Wildman–Crippen MR) is 87.6 cm³/mol. The van der Waals surface area contributed by atoms with Crippen LogP contribution in [0.1, 0.15) is 44.7 Å². The summed E-state index contributed by atoms with van der Waals surface area (Å²) in [6.07, 6.45) is 4.91. The summed E-state index contributed by atoms with van der Waals surface area (Å²) in [4.78, 5) is 21.3. The van der Waals surface area contributed by atoms with E-state index < -0.39 is 0 Å². The predicted octanol–water partition coefficient (Wildman–Crippen LogP) is 2.52. The van der Waals surface area contributed by atoms with Gasteiger partial charge in [0, 0.05) is 43.4 Å². The van der Waals surface area contributed by atoms with Crippen molar-refractivity contribution in [3.8, 4) is 0 Å². The minimum atomic E-state index is 0.343. The van der Waals surface area contributed by atoms with Crippen LogP contribution in [-0.4, -0.2) is 52.9 Å². The fraction of sp³-hybridized carbons (Fsp3) is 0.667. The summed E-state index contributed by atoms with van der Waals surface area (Å²) in [5.74, 6) is 1.36. The van der Waals surface area contributed by atoms with Crippen molar-refractivity contribution in [3.63, 3.8) is 0 Å². The van der Waals surface area contributed by atoms with Gasteiger partial charge in [-0.1, -0.05) is 6.07 Å². The molecule has 2 aliphatic heterocycles. The minimum absolute atomic E-state index is 0.343. The maximum absolute atomic E-state index is 12.4. The van der Waals surface area contributed by atoms with Gasteiger partial charge >= 0.3 is 0 Å². The van der Waals surface area contributed by atoms with Gasteiger partial charge in [0.15, 0.2) is 0 Å². The minimum Gasteiger partial charge on any atom is -0.341 e. The summed E-state index contributed by atoms with van der Waals surface area (Å²) in [7, 11) is 0. The molecule has 2 fully saturated rings.